The Bertz CT molecular complexity index is 819. The number of fused-ring (bicyclic) bond motifs is 1. The summed E-state index contributed by atoms with van der Waals surface area (Å²) in [4.78, 5) is 3.93. The summed E-state index contributed by atoms with van der Waals surface area (Å²) in [5.41, 5.74) is 0.904. The average Bonchev–Trinajstić information content (AvgIpc) is 2.83. The van der Waals surface area contributed by atoms with Gasteiger partial charge in [-0.05, 0) is 18.2 Å². The fourth-order valence-corrected chi connectivity index (χ4v) is 2.07. The molecule has 0 aliphatic rings. The summed E-state index contributed by atoms with van der Waals surface area (Å²) < 4.78 is 15.2. The maximum atomic E-state index is 13.9. The fourth-order valence-electron chi connectivity index (χ4n) is 1.87. The Balaban J connectivity index is 2.32. The molecule has 0 saturated carbocycles. The van der Waals surface area contributed by atoms with Gasteiger partial charge in [-0.15, -0.1) is 0 Å². The van der Waals surface area contributed by atoms with Gasteiger partial charge < -0.3 is 0 Å². The molecule has 0 unspecified atom stereocenters. The minimum atomic E-state index is -0.518. The molecular formula is C13H6ClFN4. The zero-order chi connectivity index (χ0) is 13.4. The highest BCUT2D eigenvalue weighted by Gasteiger charge is 2.13. The van der Waals surface area contributed by atoms with Crippen molar-refractivity contribution >= 4 is 22.5 Å². The van der Waals surface area contributed by atoms with Crippen LogP contribution in [0.3, 0.4) is 0 Å². The predicted octanol–water partition coefficient (Wildman–Crippen LogP) is 3.08. The second-order valence-corrected chi connectivity index (χ2v) is 4.21. The molecule has 6 heteroatoms. The Labute approximate surface area is 112 Å². The molecule has 1 aromatic carbocycles. The number of rotatable bonds is 1. The van der Waals surface area contributed by atoms with E-state index in [2.05, 4.69) is 10.1 Å². The van der Waals surface area contributed by atoms with Gasteiger partial charge in [0.1, 0.15) is 22.7 Å². The Morgan fingerprint density at radius 3 is 2.89 bits per heavy atom. The van der Waals surface area contributed by atoms with E-state index < -0.39 is 5.82 Å². The van der Waals surface area contributed by atoms with Gasteiger partial charge in [-0.25, -0.2) is 14.1 Å². The van der Waals surface area contributed by atoms with Crippen LogP contribution in [-0.4, -0.2) is 14.8 Å². The normalized spacial score (nSPS) is 10.6. The third-order valence-corrected chi connectivity index (χ3v) is 3.02. The zero-order valence-corrected chi connectivity index (χ0v) is 10.3. The highest BCUT2D eigenvalue weighted by atomic mass is 35.5. The third-order valence-electron chi connectivity index (χ3n) is 2.72. The molecule has 19 heavy (non-hydrogen) atoms. The molecule has 0 amide bonds. The predicted molar refractivity (Wildman–Crippen MR) is 68.5 cm³/mol. The Kier molecular flexibility index (Phi) is 2.65. The lowest BCUT2D eigenvalue weighted by atomic mass is 10.2. The lowest BCUT2D eigenvalue weighted by molar-refractivity contribution is 0.611. The van der Waals surface area contributed by atoms with E-state index in [-0.39, 0.29) is 11.3 Å². The lowest BCUT2D eigenvalue weighted by Gasteiger charge is -2.04. The van der Waals surface area contributed by atoms with E-state index in [9.17, 15) is 4.39 Å². The van der Waals surface area contributed by atoms with Crippen LogP contribution in [0.15, 0.2) is 36.7 Å². The van der Waals surface area contributed by atoms with Gasteiger partial charge in [0.2, 0.25) is 0 Å². The first-order valence-corrected chi connectivity index (χ1v) is 5.77. The van der Waals surface area contributed by atoms with Gasteiger partial charge in [0, 0.05) is 12.4 Å². The van der Waals surface area contributed by atoms with E-state index in [0.29, 0.717) is 16.1 Å². The van der Waals surface area contributed by atoms with Gasteiger partial charge in [0.25, 0.3) is 0 Å². The number of para-hydroxylation sites is 1. The third kappa shape index (κ3) is 1.83. The van der Waals surface area contributed by atoms with Crippen molar-refractivity contribution in [2.75, 3.05) is 0 Å². The van der Waals surface area contributed by atoms with Crippen LogP contribution >= 0.6 is 11.6 Å². The van der Waals surface area contributed by atoms with Crippen molar-refractivity contribution in [3.63, 3.8) is 0 Å². The molecule has 0 saturated heterocycles. The highest BCUT2D eigenvalue weighted by Crippen LogP contribution is 2.24. The monoisotopic (exact) mass is 272 g/mol. The summed E-state index contributed by atoms with van der Waals surface area (Å²) >= 11 is 5.95. The molecule has 2 aromatic heterocycles. The van der Waals surface area contributed by atoms with Gasteiger partial charge in [-0.2, -0.15) is 10.4 Å². The standard InChI is InChI=1S/C13H6ClFN4/c14-13-9-7-19(18-11(9)4-5-17-13)12-8(6-16)2-1-3-10(12)15/h1-5,7H. The van der Waals surface area contributed by atoms with Gasteiger partial charge in [0.15, 0.2) is 0 Å². The van der Waals surface area contributed by atoms with Crippen molar-refractivity contribution in [2.24, 2.45) is 0 Å². The SMILES string of the molecule is N#Cc1cccc(F)c1-n1cc2c(Cl)nccc2n1. The van der Waals surface area contributed by atoms with Crippen LogP contribution in [0, 0.1) is 17.1 Å². The summed E-state index contributed by atoms with van der Waals surface area (Å²) in [7, 11) is 0. The van der Waals surface area contributed by atoms with Crippen molar-refractivity contribution in [1.82, 2.24) is 14.8 Å². The molecule has 0 fully saturated rings. The van der Waals surface area contributed by atoms with Crippen LogP contribution < -0.4 is 0 Å². The summed E-state index contributed by atoms with van der Waals surface area (Å²) in [6.45, 7) is 0. The van der Waals surface area contributed by atoms with Gasteiger partial charge >= 0.3 is 0 Å². The number of aromatic nitrogens is 3. The number of halogens is 2. The molecule has 0 N–H and O–H groups in total. The smallest absolute Gasteiger partial charge is 0.150 e. The Morgan fingerprint density at radius 1 is 1.32 bits per heavy atom. The van der Waals surface area contributed by atoms with Crippen LogP contribution in [0.4, 0.5) is 4.39 Å². The molecular weight excluding hydrogens is 267 g/mol. The average molecular weight is 273 g/mol. The first kappa shape index (κ1) is 11.6. The fraction of sp³-hybridized carbons (Fsp3) is 0. The van der Waals surface area contributed by atoms with E-state index in [1.807, 2.05) is 6.07 Å². The number of hydrogen-bond donors (Lipinski definition) is 0. The number of nitriles is 1. The summed E-state index contributed by atoms with van der Waals surface area (Å²) in [5, 5.41) is 14.1. The first-order valence-electron chi connectivity index (χ1n) is 5.39. The van der Waals surface area contributed by atoms with E-state index in [1.54, 1.807) is 12.3 Å². The van der Waals surface area contributed by atoms with Gasteiger partial charge in [-0.1, -0.05) is 17.7 Å². The molecule has 0 spiro atoms. The zero-order valence-electron chi connectivity index (χ0n) is 9.51. The van der Waals surface area contributed by atoms with Crippen molar-refractivity contribution in [3.05, 3.63) is 53.2 Å². The van der Waals surface area contributed by atoms with E-state index in [4.69, 9.17) is 16.9 Å². The minimum absolute atomic E-state index is 0.109. The van der Waals surface area contributed by atoms with Gasteiger partial charge in [0.05, 0.1) is 16.5 Å². The molecule has 2 heterocycles. The molecule has 0 radical (unpaired) electrons. The second kappa shape index (κ2) is 4.34. The molecule has 0 atom stereocenters. The van der Waals surface area contributed by atoms with Crippen molar-refractivity contribution in [2.45, 2.75) is 0 Å². The number of hydrogen-bond acceptors (Lipinski definition) is 3. The first-order chi connectivity index (χ1) is 9.20. The number of benzene rings is 1. The van der Waals surface area contributed by atoms with Crippen LogP contribution in [0.25, 0.3) is 16.6 Å². The van der Waals surface area contributed by atoms with E-state index >= 15 is 0 Å². The maximum absolute atomic E-state index is 13.9. The van der Waals surface area contributed by atoms with Crippen LogP contribution in [0.2, 0.25) is 5.15 Å². The van der Waals surface area contributed by atoms with Crippen molar-refractivity contribution < 1.29 is 4.39 Å². The largest absolute Gasteiger partial charge is 0.244 e. The second-order valence-electron chi connectivity index (χ2n) is 3.86. The Morgan fingerprint density at radius 2 is 2.16 bits per heavy atom. The molecule has 0 aliphatic heterocycles. The summed E-state index contributed by atoms with van der Waals surface area (Å²) in [6, 6.07) is 7.91. The van der Waals surface area contributed by atoms with Crippen LogP contribution in [0.5, 0.6) is 0 Å². The molecule has 4 nitrogen and oxygen atoms in total. The van der Waals surface area contributed by atoms with Gasteiger partial charge in [-0.3, -0.25) is 0 Å². The molecule has 3 rings (SSSR count). The van der Waals surface area contributed by atoms with Crippen molar-refractivity contribution in [1.29, 1.82) is 5.26 Å². The quantitative estimate of drug-likeness (QED) is 0.640. The van der Waals surface area contributed by atoms with Crippen LogP contribution in [-0.2, 0) is 0 Å². The number of nitrogens with zero attached hydrogens (tertiary/aromatic N) is 4. The molecule has 3 aromatic rings. The van der Waals surface area contributed by atoms with E-state index in [0.717, 1.165) is 0 Å². The lowest BCUT2D eigenvalue weighted by Crippen LogP contribution is -2.01. The highest BCUT2D eigenvalue weighted by molar-refractivity contribution is 6.34. The number of pyridine rings is 1. The topological polar surface area (TPSA) is 54.5 Å². The molecule has 0 aliphatic carbocycles. The summed E-state index contributed by atoms with van der Waals surface area (Å²) in [6.07, 6.45) is 3.08. The van der Waals surface area contributed by atoms with E-state index in [1.165, 1.54) is 29.1 Å². The molecule has 0 bridgehead atoms. The maximum Gasteiger partial charge on any atom is 0.150 e. The Hall–Kier alpha value is -2.45. The minimum Gasteiger partial charge on any atom is -0.244 e. The van der Waals surface area contributed by atoms with Crippen LogP contribution in [0.1, 0.15) is 5.56 Å². The summed E-state index contributed by atoms with van der Waals surface area (Å²) in [5.74, 6) is -0.518. The molecule has 92 valence electrons. The van der Waals surface area contributed by atoms with Crippen molar-refractivity contribution in [3.8, 4) is 11.8 Å².